The number of hydrogen-bond acceptors (Lipinski definition) is 6. The Morgan fingerprint density at radius 1 is 0.500 bits per heavy atom. The normalized spacial score (nSPS) is 12.9. The minimum absolute atomic E-state index is 0.107. The molecule has 8 nitrogen and oxygen atoms in total. The Bertz CT molecular complexity index is 667. The summed E-state index contributed by atoms with van der Waals surface area (Å²) in [5.74, 6) is 0. The maximum absolute atomic E-state index is 10.2. The Kier molecular flexibility index (Phi) is 45.1. The molecule has 0 saturated heterocycles. The van der Waals surface area contributed by atoms with Crippen LogP contribution in [0.4, 0.5) is 0 Å². The van der Waals surface area contributed by atoms with E-state index in [-0.39, 0.29) is 25.9 Å². The largest absolute Gasteiger partial charge is 0.469 e. The maximum Gasteiger partial charge on any atom is 0.469 e. The minimum atomic E-state index is -4.26. The summed E-state index contributed by atoms with van der Waals surface area (Å²) >= 11 is 0. The van der Waals surface area contributed by atoms with Crippen LogP contribution in [0.3, 0.4) is 0 Å². The van der Waals surface area contributed by atoms with E-state index in [2.05, 4.69) is 18.4 Å². The molecule has 2 unspecified atom stereocenters. The summed E-state index contributed by atoms with van der Waals surface area (Å²) in [6, 6.07) is 0. The van der Waals surface area contributed by atoms with Crippen LogP contribution in [0.1, 0.15) is 226 Å². The van der Waals surface area contributed by atoms with Gasteiger partial charge in [-0.05, 0) is 12.8 Å². The second-order valence-electron chi connectivity index (χ2n) is 14.7. The molecule has 0 aromatic heterocycles. The molecule has 0 amide bonds. The minimum Gasteiger partial charge on any atom is -0.394 e. The van der Waals surface area contributed by atoms with E-state index in [0.29, 0.717) is 0 Å². The van der Waals surface area contributed by atoms with E-state index in [1.165, 1.54) is 193 Å². The molecule has 0 heterocycles. The highest BCUT2D eigenvalue weighted by Crippen LogP contribution is 2.34. The van der Waals surface area contributed by atoms with Crippen molar-refractivity contribution in [3.8, 4) is 0 Å². The molecule has 0 rings (SSSR count). The van der Waals surface area contributed by atoms with Crippen molar-refractivity contribution in [1.29, 1.82) is 0 Å². The summed E-state index contributed by atoms with van der Waals surface area (Å²) in [4.78, 5) is 16.0. The smallest absolute Gasteiger partial charge is 0.394 e. The van der Waals surface area contributed by atoms with Gasteiger partial charge in [0.25, 0.3) is 0 Å². The van der Waals surface area contributed by atoms with Crippen LogP contribution in [0.5, 0.6) is 0 Å². The number of aliphatic hydroxyl groups is 2. The van der Waals surface area contributed by atoms with Crippen molar-refractivity contribution in [2.75, 3.05) is 26.4 Å². The first-order valence-corrected chi connectivity index (χ1v) is 23.2. The molecule has 9 heteroatoms. The number of rotatable bonds is 40. The van der Waals surface area contributed by atoms with Crippen LogP contribution in [-0.4, -0.2) is 58.6 Å². The van der Waals surface area contributed by atoms with E-state index in [9.17, 15) is 14.8 Å². The van der Waals surface area contributed by atoms with Gasteiger partial charge in [-0.1, -0.05) is 213 Å². The number of phosphoric acid groups is 1. The van der Waals surface area contributed by atoms with Gasteiger partial charge in [0.1, 0.15) is 6.10 Å². The molecule has 6 N–H and O–H groups in total. The highest BCUT2D eigenvalue weighted by Gasteiger charge is 2.18. The number of phosphoric ester groups is 1. The number of unbranched alkanes of at least 4 members (excludes halogenated alkanes) is 30. The predicted molar refractivity (Wildman–Crippen MR) is 214 cm³/mol. The topological polar surface area (TPSA) is 142 Å². The average Bonchev–Trinajstić information content (AvgIpc) is 3.10. The molecule has 0 aliphatic rings. The van der Waals surface area contributed by atoms with Gasteiger partial charge in [0.2, 0.25) is 0 Å². The van der Waals surface area contributed by atoms with Crippen LogP contribution in [-0.2, 0) is 13.8 Å². The van der Waals surface area contributed by atoms with E-state index >= 15 is 0 Å². The standard InChI is InChI=1S/C39H80O3.C2H8NO4P/c1-3-5-7-9-11-13-15-17-19-21-23-25-27-29-31-33-35-39(38(41)37-40)42-36-34-32-30-28-26-24-22-20-18-16-14-12-10-8-6-4-2;3-1-2-7-8(4,5)6/h38-41H,3-37H2,1-2H3;1-3H2,(H2,4,5,6). The van der Waals surface area contributed by atoms with Gasteiger partial charge in [-0.2, -0.15) is 0 Å². The summed E-state index contributed by atoms with van der Waals surface area (Å²) in [7, 11) is -4.26. The summed E-state index contributed by atoms with van der Waals surface area (Å²) in [6.07, 6.45) is 43.9. The third-order valence-corrected chi connectivity index (χ3v) is 10.2. The monoisotopic (exact) mass is 738 g/mol. The number of hydrogen-bond donors (Lipinski definition) is 5. The van der Waals surface area contributed by atoms with Gasteiger partial charge in [-0.15, -0.1) is 0 Å². The summed E-state index contributed by atoms with van der Waals surface area (Å²) in [5.41, 5.74) is 4.87. The van der Waals surface area contributed by atoms with Crippen LogP contribution in [0.25, 0.3) is 0 Å². The summed E-state index contributed by atoms with van der Waals surface area (Å²) in [6.45, 7) is 5.12. The van der Waals surface area contributed by atoms with E-state index in [1.54, 1.807) is 0 Å². The highest BCUT2D eigenvalue weighted by atomic mass is 31.2. The molecule has 0 aliphatic heterocycles. The van der Waals surface area contributed by atoms with Crippen molar-refractivity contribution >= 4 is 7.82 Å². The van der Waals surface area contributed by atoms with Gasteiger partial charge in [0, 0.05) is 13.2 Å². The molecule has 0 aliphatic carbocycles. The third kappa shape index (κ3) is 46.0. The lowest BCUT2D eigenvalue weighted by Gasteiger charge is -2.22. The molecular formula is C41H88NO7P. The Morgan fingerprint density at radius 2 is 0.800 bits per heavy atom. The van der Waals surface area contributed by atoms with Gasteiger partial charge >= 0.3 is 7.82 Å². The molecule has 50 heavy (non-hydrogen) atoms. The Morgan fingerprint density at radius 3 is 1.06 bits per heavy atom. The van der Waals surface area contributed by atoms with Gasteiger partial charge in [-0.3, -0.25) is 4.52 Å². The zero-order valence-electron chi connectivity index (χ0n) is 33.4. The Hall–Kier alpha value is -0.0500. The molecule has 0 aromatic carbocycles. The average molecular weight is 738 g/mol. The van der Waals surface area contributed by atoms with Crippen LogP contribution >= 0.6 is 7.82 Å². The van der Waals surface area contributed by atoms with Gasteiger partial charge in [0.05, 0.1) is 19.3 Å². The maximum atomic E-state index is 10.2. The van der Waals surface area contributed by atoms with E-state index in [0.717, 1.165) is 25.9 Å². The second-order valence-corrected chi connectivity index (χ2v) is 15.9. The fraction of sp³-hybridized carbons (Fsp3) is 1.00. The van der Waals surface area contributed by atoms with Crippen molar-refractivity contribution in [3.05, 3.63) is 0 Å². The zero-order valence-corrected chi connectivity index (χ0v) is 34.3. The number of aliphatic hydroxyl groups excluding tert-OH is 2. The van der Waals surface area contributed by atoms with Crippen molar-refractivity contribution in [2.24, 2.45) is 5.73 Å². The molecule has 0 spiro atoms. The van der Waals surface area contributed by atoms with Crippen molar-refractivity contribution in [3.63, 3.8) is 0 Å². The summed E-state index contributed by atoms with van der Waals surface area (Å²) in [5, 5.41) is 19.7. The zero-order chi connectivity index (χ0) is 37.2. The molecule has 0 saturated carbocycles. The van der Waals surface area contributed by atoms with Crippen LogP contribution < -0.4 is 5.73 Å². The SMILES string of the molecule is CCCCCCCCCCCCCCCCCCOC(CCCCCCCCCCCCCCCCCC)C(O)CO.NCCOP(=O)(O)O. The molecule has 0 bridgehead atoms. The van der Waals surface area contributed by atoms with Gasteiger partial charge in [0.15, 0.2) is 0 Å². The van der Waals surface area contributed by atoms with Gasteiger partial charge < -0.3 is 30.5 Å². The van der Waals surface area contributed by atoms with Crippen LogP contribution in [0.15, 0.2) is 0 Å². The van der Waals surface area contributed by atoms with E-state index in [1.807, 2.05) is 0 Å². The number of ether oxygens (including phenoxy) is 1. The van der Waals surface area contributed by atoms with Crippen molar-refractivity contribution in [1.82, 2.24) is 0 Å². The fourth-order valence-corrected chi connectivity index (χ4v) is 6.80. The lowest BCUT2D eigenvalue weighted by atomic mass is 10.0. The summed E-state index contributed by atoms with van der Waals surface area (Å²) < 4.78 is 19.8. The highest BCUT2D eigenvalue weighted by molar-refractivity contribution is 7.46. The van der Waals surface area contributed by atoms with Crippen LogP contribution in [0.2, 0.25) is 0 Å². The molecular weight excluding hydrogens is 649 g/mol. The van der Waals surface area contributed by atoms with Crippen molar-refractivity contribution < 1.29 is 33.8 Å². The molecule has 304 valence electrons. The van der Waals surface area contributed by atoms with Crippen molar-refractivity contribution in [2.45, 2.75) is 238 Å². The fourth-order valence-electron chi connectivity index (χ4n) is 6.45. The molecule has 0 aromatic rings. The third-order valence-electron chi connectivity index (χ3n) is 9.67. The first-order valence-electron chi connectivity index (χ1n) is 21.6. The van der Waals surface area contributed by atoms with Crippen LogP contribution in [0, 0.1) is 0 Å². The first-order chi connectivity index (χ1) is 24.3. The quantitative estimate of drug-likeness (QED) is 0.0309. The Balaban J connectivity index is 0. The molecule has 2 atom stereocenters. The Labute approximate surface area is 311 Å². The number of nitrogens with two attached hydrogens (primary N) is 1. The van der Waals surface area contributed by atoms with Gasteiger partial charge in [-0.25, -0.2) is 4.57 Å². The first kappa shape index (κ1) is 52.1. The second kappa shape index (κ2) is 43.4. The molecule has 0 fully saturated rings. The van der Waals surface area contributed by atoms with E-state index < -0.39 is 13.9 Å². The predicted octanol–water partition coefficient (Wildman–Crippen LogP) is 11.7. The molecule has 0 radical (unpaired) electrons. The lowest BCUT2D eigenvalue weighted by Crippen LogP contribution is -2.32. The lowest BCUT2D eigenvalue weighted by molar-refractivity contribution is -0.0629. The van der Waals surface area contributed by atoms with E-state index in [4.69, 9.17) is 20.3 Å².